The smallest absolute Gasteiger partial charge is 0.263 e. The van der Waals surface area contributed by atoms with Gasteiger partial charge in [0.15, 0.2) is 0 Å². The van der Waals surface area contributed by atoms with Gasteiger partial charge in [0.1, 0.15) is 5.56 Å². The van der Waals surface area contributed by atoms with Gasteiger partial charge >= 0.3 is 0 Å². The standard InChI is InChI=1S/C23H18ClN3O2/c1-15-13-21(18-5-2-3-7-20(18)25-15)26-22(28)19-6-4-12-27(23(19)29)14-16-8-10-17(24)11-9-16/h2-13H,14H2,1H3,(H,25,26,28). The third-order valence-electron chi connectivity index (χ3n) is 4.62. The van der Waals surface area contributed by atoms with Crippen LogP contribution in [0.2, 0.25) is 5.02 Å². The number of benzene rings is 2. The number of fused-ring (bicyclic) bond motifs is 1. The fraction of sp³-hybridized carbons (Fsp3) is 0.0870. The van der Waals surface area contributed by atoms with Crippen LogP contribution in [0.5, 0.6) is 0 Å². The first-order valence-corrected chi connectivity index (χ1v) is 9.51. The van der Waals surface area contributed by atoms with E-state index in [0.29, 0.717) is 17.3 Å². The summed E-state index contributed by atoms with van der Waals surface area (Å²) in [6.07, 6.45) is 1.67. The highest BCUT2D eigenvalue weighted by atomic mass is 35.5. The number of amides is 1. The van der Waals surface area contributed by atoms with Crippen LogP contribution < -0.4 is 10.9 Å². The molecule has 0 fully saturated rings. The van der Waals surface area contributed by atoms with Crippen molar-refractivity contribution in [3.63, 3.8) is 0 Å². The first-order valence-electron chi connectivity index (χ1n) is 9.13. The second-order valence-corrected chi connectivity index (χ2v) is 7.20. The van der Waals surface area contributed by atoms with Gasteiger partial charge in [-0.25, -0.2) is 0 Å². The lowest BCUT2D eigenvalue weighted by Crippen LogP contribution is -2.29. The predicted molar refractivity (Wildman–Crippen MR) is 116 cm³/mol. The molecule has 0 bridgehead atoms. The highest BCUT2D eigenvalue weighted by Crippen LogP contribution is 2.23. The number of aryl methyl sites for hydroxylation is 1. The molecule has 0 radical (unpaired) electrons. The van der Waals surface area contributed by atoms with Crippen molar-refractivity contribution in [1.82, 2.24) is 9.55 Å². The van der Waals surface area contributed by atoms with Crippen molar-refractivity contribution in [3.05, 3.63) is 105 Å². The van der Waals surface area contributed by atoms with Crippen molar-refractivity contribution >= 4 is 34.1 Å². The van der Waals surface area contributed by atoms with Gasteiger partial charge in [-0.05, 0) is 48.9 Å². The van der Waals surface area contributed by atoms with Crippen molar-refractivity contribution in [1.29, 1.82) is 0 Å². The number of carbonyl (C=O) groups is 1. The molecular formula is C23H18ClN3O2. The normalized spacial score (nSPS) is 10.8. The summed E-state index contributed by atoms with van der Waals surface area (Å²) >= 11 is 5.92. The van der Waals surface area contributed by atoms with Gasteiger partial charge in [-0.2, -0.15) is 0 Å². The molecule has 2 aromatic heterocycles. The zero-order valence-electron chi connectivity index (χ0n) is 15.7. The van der Waals surface area contributed by atoms with Crippen LogP contribution in [0.15, 0.2) is 77.7 Å². The van der Waals surface area contributed by atoms with E-state index < -0.39 is 5.91 Å². The Labute approximate surface area is 172 Å². The SMILES string of the molecule is Cc1cc(NC(=O)c2cccn(Cc3ccc(Cl)cc3)c2=O)c2ccccc2n1. The van der Waals surface area contributed by atoms with E-state index in [1.165, 1.54) is 10.6 Å². The van der Waals surface area contributed by atoms with Crippen molar-refractivity contribution in [2.24, 2.45) is 0 Å². The Morgan fingerprint density at radius 2 is 1.83 bits per heavy atom. The molecule has 1 N–H and O–H groups in total. The van der Waals surface area contributed by atoms with Crippen molar-refractivity contribution in [2.45, 2.75) is 13.5 Å². The van der Waals surface area contributed by atoms with Crippen molar-refractivity contribution < 1.29 is 4.79 Å². The van der Waals surface area contributed by atoms with E-state index in [9.17, 15) is 9.59 Å². The second-order valence-electron chi connectivity index (χ2n) is 6.76. The largest absolute Gasteiger partial charge is 0.321 e. The van der Waals surface area contributed by atoms with Crippen LogP contribution in [0.1, 0.15) is 21.6 Å². The number of aromatic nitrogens is 2. The molecule has 29 heavy (non-hydrogen) atoms. The number of hydrogen-bond acceptors (Lipinski definition) is 3. The summed E-state index contributed by atoms with van der Waals surface area (Å²) in [5, 5.41) is 4.33. The molecule has 0 aliphatic heterocycles. The highest BCUT2D eigenvalue weighted by Gasteiger charge is 2.14. The first-order chi connectivity index (χ1) is 14.0. The van der Waals surface area contributed by atoms with Crippen LogP contribution in [-0.2, 0) is 6.54 Å². The monoisotopic (exact) mass is 403 g/mol. The summed E-state index contributed by atoms with van der Waals surface area (Å²) in [7, 11) is 0. The molecule has 0 unspecified atom stereocenters. The summed E-state index contributed by atoms with van der Waals surface area (Å²) in [5.41, 5.74) is 2.86. The number of hydrogen-bond donors (Lipinski definition) is 1. The van der Waals surface area contributed by atoms with E-state index in [0.717, 1.165) is 22.2 Å². The minimum absolute atomic E-state index is 0.0833. The summed E-state index contributed by atoms with van der Waals surface area (Å²) < 4.78 is 1.51. The van der Waals surface area contributed by atoms with E-state index in [-0.39, 0.29) is 11.1 Å². The number of rotatable bonds is 4. The Hall–Kier alpha value is -3.44. The van der Waals surface area contributed by atoms with E-state index in [4.69, 9.17) is 11.6 Å². The molecule has 0 saturated heterocycles. The van der Waals surface area contributed by atoms with Crippen molar-refractivity contribution in [2.75, 3.05) is 5.32 Å². The third-order valence-corrected chi connectivity index (χ3v) is 4.88. The topological polar surface area (TPSA) is 64.0 Å². The lowest BCUT2D eigenvalue weighted by molar-refractivity contribution is 0.102. The molecule has 4 rings (SSSR count). The first kappa shape index (κ1) is 18.9. The molecule has 0 aliphatic carbocycles. The molecule has 0 spiro atoms. The van der Waals surface area contributed by atoms with Gasteiger partial charge in [-0.1, -0.05) is 41.9 Å². The average Bonchev–Trinajstić information content (AvgIpc) is 2.71. The van der Waals surface area contributed by atoms with E-state index >= 15 is 0 Å². The molecule has 144 valence electrons. The maximum atomic E-state index is 12.9. The van der Waals surface area contributed by atoms with E-state index in [1.807, 2.05) is 43.3 Å². The van der Waals surface area contributed by atoms with Crippen molar-refractivity contribution in [3.8, 4) is 0 Å². The van der Waals surface area contributed by atoms with Crippen LogP contribution >= 0.6 is 11.6 Å². The van der Waals surface area contributed by atoms with Gasteiger partial charge in [0.05, 0.1) is 17.7 Å². The second kappa shape index (κ2) is 7.89. The highest BCUT2D eigenvalue weighted by molar-refractivity contribution is 6.30. The van der Waals surface area contributed by atoms with Crippen LogP contribution in [0, 0.1) is 6.92 Å². The van der Waals surface area contributed by atoms with Gasteiger partial charge in [0.2, 0.25) is 0 Å². The van der Waals surface area contributed by atoms with Crippen LogP contribution in [0.25, 0.3) is 10.9 Å². The maximum Gasteiger partial charge on any atom is 0.263 e. The molecule has 0 saturated carbocycles. The van der Waals surface area contributed by atoms with E-state index in [2.05, 4.69) is 10.3 Å². The van der Waals surface area contributed by atoms with Crippen LogP contribution in [0.4, 0.5) is 5.69 Å². The van der Waals surface area contributed by atoms with Gasteiger partial charge in [-0.15, -0.1) is 0 Å². The zero-order chi connectivity index (χ0) is 20.4. The van der Waals surface area contributed by atoms with Gasteiger partial charge in [0.25, 0.3) is 11.5 Å². The molecule has 5 nitrogen and oxygen atoms in total. The van der Waals surface area contributed by atoms with Crippen LogP contribution in [0.3, 0.4) is 0 Å². The Kier molecular flexibility index (Phi) is 5.14. The molecule has 0 atom stereocenters. The number of anilines is 1. The Morgan fingerprint density at radius 1 is 1.07 bits per heavy atom. The van der Waals surface area contributed by atoms with Crippen LogP contribution in [-0.4, -0.2) is 15.5 Å². The van der Waals surface area contributed by atoms with Gasteiger partial charge < -0.3 is 9.88 Å². The molecule has 2 aromatic carbocycles. The van der Waals surface area contributed by atoms with E-state index in [1.54, 1.807) is 30.5 Å². The Bertz CT molecular complexity index is 1260. The van der Waals surface area contributed by atoms with Gasteiger partial charge in [0, 0.05) is 22.3 Å². The number of carbonyl (C=O) groups excluding carboxylic acids is 1. The molecule has 1 amide bonds. The summed E-state index contributed by atoms with van der Waals surface area (Å²) in [6.45, 7) is 2.22. The third kappa shape index (κ3) is 4.05. The Morgan fingerprint density at radius 3 is 2.62 bits per heavy atom. The number of nitrogens with zero attached hydrogens (tertiary/aromatic N) is 2. The van der Waals surface area contributed by atoms with Gasteiger partial charge in [-0.3, -0.25) is 14.6 Å². The Balaban J connectivity index is 1.65. The molecule has 4 aromatic rings. The quantitative estimate of drug-likeness (QED) is 0.539. The molecule has 2 heterocycles. The minimum atomic E-state index is -0.448. The zero-order valence-corrected chi connectivity index (χ0v) is 16.5. The predicted octanol–water partition coefficient (Wildman–Crippen LogP) is 4.66. The number of pyridine rings is 2. The number of halogens is 1. The average molecular weight is 404 g/mol. The lowest BCUT2D eigenvalue weighted by atomic mass is 10.1. The minimum Gasteiger partial charge on any atom is -0.321 e. The summed E-state index contributed by atoms with van der Waals surface area (Å²) in [6, 6.07) is 19.8. The molecule has 0 aliphatic rings. The molecular weight excluding hydrogens is 386 g/mol. The fourth-order valence-corrected chi connectivity index (χ4v) is 3.35. The lowest BCUT2D eigenvalue weighted by Gasteiger charge is -2.11. The summed E-state index contributed by atoms with van der Waals surface area (Å²) in [4.78, 5) is 30.2. The summed E-state index contributed by atoms with van der Waals surface area (Å²) in [5.74, 6) is -0.448. The molecule has 6 heteroatoms. The number of nitrogens with one attached hydrogen (secondary N) is 1. The number of para-hydroxylation sites is 1. The fourth-order valence-electron chi connectivity index (χ4n) is 3.22. The maximum absolute atomic E-state index is 12.9.